The van der Waals surface area contributed by atoms with Crippen LogP contribution in [-0.4, -0.2) is 61.5 Å². The maximum Gasteiger partial charge on any atom is 0.292 e. The Bertz CT molecular complexity index is 1320. The van der Waals surface area contributed by atoms with Crippen LogP contribution in [0.3, 0.4) is 0 Å². The van der Waals surface area contributed by atoms with Gasteiger partial charge < -0.3 is 52.2 Å². The SMILES string of the molecule is Cc1c2cc[n+](C3OC(CO)C(O)C(O)C3O)cc2c(C)c2c1[nH]c1ccc(O)cc12.[Br-]. The third-order valence-corrected chi connectivity index (χ3v) is 6.48. The van der Waals surface area contributed by atoms with Crippen molar-refractivity contribution in [3.8, 4) is 5.75 Å². The van der Waals surface area contributed by atoms with Crippen LogP contribution < -0.4 is 21.5 Å². The first kappa shape index (κ1) is 22.9. The first-order valence-corrected chi connectivity index (χ1v) is 10.2. The lowest BCUT2D eigenvalue weighted by Gasteiger charge is -2.36. The highest BCUT2D eigenvalue weighted by molar-refractivity contribution is 6.16. The van der Waals surface area contributed by atoms with E-state index in [1.807, 2.05) is 32.2 Å². The molecule has 1 aliphatic rings. The average Bonchev–Trinajstić information content (AvgIpc) is 3.15. The van der Waals surface area contributed by atoms with Crippen LogP contribution in [0.5, 0.6) is 5.75 Å². The van der Waals surface area contributed by atoms with Crippen LogP contribution >= 0.6 is 0 Å². The van der Waals surface area contributed by atoms with Gasteiger partial charge >= 0.3 is 0 Å². The van der Waals surface area contributed by atoms with Gasteiger partial charge in [-0.05, 0) is 48.6 Å². The number of rotatable bonds is 2. The normalized spacial score (nSPS) is 26.0. The molecular weight excluding hydrogens is 480 g/mol. The van der Waals surface area contributed by atoms with Crippen molar-refractivity contribution in [3.05, 3.63) is 47.8 Å². The number of phenols is 1. The van der Waals surface area contributed by atoms with Crippen molar-refractivity contribution in [2.45, 2.75) is 44.5 Å². The number of hydrogen-bond donors (Lipinski definition) is 6. The predicted octanol–water partition coefficient (Wildman–Crippen LogP) is -1.94. The number of aryl methyl sites for hydroxylation is 2. The minimum atomic E-state index is -1.44. The van der Waals surface area contributed by atoms with Crippen LogP contribution in [-0.2, 0) is 4.74 Å². The van der Waals surface area contributed by atoms with Gasteiger partial charge in [0, 0.05) is 27.7 Å². The highest BCUT2D eigenvalue weighted by Gasteiger charge is 2.48. The van der Waals surface area contributed by atoms with E-state index in [4.69, 9.17) is 4.74 Å². The summed E-state index contributed by atoms with van der Waals surface area (Å²) in [6.07, 6.45) is -2.57. The van der Waals surface area contributed by atoms with Gasteiger partial charge in [-0.3, -0.25) is 0 Å². The number of aliphatic hydroxyl groups is 4. The number of H-pyrrole nitrogens is 1. The van der Waals surface area contributed by atoms with Gasteiger partial charge in [0.05, 0.1) is 12.1 Å². The number of ether oxygens (including phenoxy) is 1. The third kappa shape index (κ3) is 3.28. The van der Waals surface area contributed by atoms with Crippen LogP contribution in [0.1, 0.15) is 17.4 Å². The van der Waals surface area contributed by atoms with E-state index in [1.54, 1.807) is 22.9 Å². The van der Waals surface area contributed by atoms with Crippen molar-refractivity contribution < 1.29 is 51.8 Å². The number of fused-ring (bicyclic) bond motifs is 4. The van der Waals surface area contributed by atoms with Gasteiger partial charge in [0.15, 0.2) is 18.5 Å². The number of pyridine rings is 1. The van der Waals surface area contributed by atoms with Crippen molar-refractivity contribution >= 4 is 32.6 Å². The molecule has 0 radical (unpaired) electrons. The summed E-state index contributed by atoms with van der Waals surface area (Å²) in [4.78, 5) is 3.44. The quantitative estimate of drug-likeness (QED) is 0.176. The van der Waals surface area contributed by atoms with E-state index >= 15 is 0 Å². The van der Waals surface area contributed by atoms with E-state index in [-0.39, 0.29) is 22.7 Å². The number of hydrogen-bond acceptors (Lipinski definition) is 6. The fourth-order valence-corrected chi connectivity index (χ4v) is 4.74. The number of nitrogens with one attached hydrogen (secondary N) is 1. The lowest BCUT2D eigenvalue weighted by Crippen LogP contribution is -3.00. The van der Waals surface area contributed by atoms with Gasteiger partial charge in [-0.25, -0.2) is 0 Å². The molecule has 9 heteroatoms. The molecule has 32 heavy (non-hydrogen) atoms. The number of halogens is 1. The zero-order valence-corrected chi connectivity index (χ0v) is 19.1. The Morgan fingerprint density at radius 1 is 0.969 bits per heavy atom. The topological polar surface area (TPSA) is 130 Å². The monoisotopic (exact) mass is 504 g/mol. The number of benzene rings is 2. The zero-order chi connectivity index (χ0) is 22.0. The second-order valence-electron chi connectivity index (χ2n) is 8.29. The summed E-state index contributed by atoms with van der Waals surface area (Å²) in [7, 11) is 0. The molecule has 0 amide bonds. The molecule has 1 fully saturated rings. The lowest BCUT2D eigenvalue weighted by molar-refractivity contribution is -0.777. The van der Waals surface area contributed by atoms with Crippen LogP contribution in [0, 0.1) is 13.8 Å². The van der Waals surface area contributed by atoms with Gasteiger partial charge in [-0.15, -0.1) is 0 Å². The fraction of sp³-hybridized carbons (Fsp3) is 0.348. The summed E-state index contributed by atoms with van der Waals surface area (Å²) in [6.45, 7) is 3.55. The zero-order valence-electron chi connectivity index (χ0n) is 17.5. The molecule has 1 saturated heterocycles. The van der Waals surface area contributed by atoms with Crippen LogP contribution in [0.25, 0.3) is 32.6 Å². The molecule has 4 aromatic rings. The van der Waals surface area contributed by atoms with Gasteiger partial charge in [0.2, 0.25) is 0 Å². The Labute approximate surface area is 194 Å². The molecule has 0 saturated carbocycles. The van der Waals surface area contributed by atoms with Crippen LogP contribution in [0.2, 0.25) is 0 Å². The van der Waals surface area contributed by atoms with Gasteiger partial charge in [-0.1, -0.05) is 0 Å². The summed E-state index contributed by atoms with van der Waals surface area (Å²) >= 11 is 0. The van der Waals surface area contributed by atoms with Crippen molar-refractivity contribution in [2.75, 3.05) is 6.61 Å². The van der Waals surface area contributed by atoms with E-state index in [0.29, 0.717) is 0 Å². The second-order valence-corrected chi connectivity index (χ2v) is 8.29. The Balaban J connectivity index is 0.00000245. The van der Waals surface area contributed by atoms with Gasteiger partial charge in [0.1, 0.15) is 24.1 Å². The number of aliphatic hydroxyl groups excluding tert-OH is 4. The number of nitrogens with zero attached hydrogens (tertiary/aromatic N) is 1. The van der Waals surface area contributed by atoms with E-state index in [0.717, 1.165) is 43.7 Å². The Morgan fingerprint density at radius 3 is 2.44 bits per heavy atom. The molecule has 0 spiro atoms. The summed E-state index contributed by atoms with van der Waals surface area (Å²) in [5, 5.41) is 54.1. The molecule has 0 bridgehead atoms. The van der Waals surface area contributed by atoms with E-state index in [2.05, 4.69) is 4.98 Å². The number of aromatic hydroxyl groups is 1. The van der Waals surface area contributed by atoms with Crippen molar-refractivity contribution in [3.63, 3.8) is 0 Å². The standard InChI is InChI=1S/C23H24N2O6.BrH/c1-10-15-8-25(23-22(30)21(29)20(28)17(9-26)31-23)6-5-13(15)11(2)19-18(10)14-7-12(27)3-4-16(14)24-19;/h3-8,17,20-23,26-30H,9H2,1-2H3;1H. The smallest absolute Gasteiger partial charge is 0.292 e. The maximum atomic E-state index is 10.5. The van der Waals surface area contributed by atoms with Crippen LogP contribution in [0.15, 0.2) is 36.7 Å². The third-order valence-electron chi connectivity index (χ3n) is 6.48. The van der Waals surface area contributed by atoms with Gasteiger partial charge in [0.25, 0.3) is 6.23 Å². The molecule has 0 aliphatic carbocycles. The Hall–Kier alpha value is -2.27. The minimum absolute atomic E-state index is 0. The molecule has 8 nitrogen and oxygen atoms in total. The summed E-state index contributed by atoms with van der Waals surface area (Å²) in [6, 6.07) is 7.15. The first-order valence-electron chi connectivity index (χ1n) is 10.2. The predicted molar refractivity (Wildman–Crippen MR) is 114 cm³/mol. The minimum Gasteiger partial charge on any atom is -1.00 e. The van der Waals surface area contributed by atoms with Crippen molar-refractivity contribution in [1.82, 2.24) is 4.98 Å². The molecular formula is C23H25BrN2O6. The summed E-state index contributed by atoms with van der Waals surface area (Å²) in [5.74, 6) is 0.190. The van der Waals surface area contributed by atoms with E-state index < -0.39 is 37.3 Å². The number of phenolic OH excluding ortho intramolecular Hbond substituents is 1. The molecule has 2 aromatic carbocycles. The largest absolute Gasteiger partial charge is 1.00 e. The first-order chi connectivity index (χ1) is 14.8. The van der Waals surface area contributed by atoms with E-state index in [9.17, 15) is 25.5 Å². The van der Waals surface area contributed by atoms with E-state index in [1.165, 1.54) is 0 Å². The number of aromatic nitrogens is 2. The van der Waals surface area contributed by atoms with Crippen molar-refractivity contribution in [2.24, 2.45) is 0 Å². The Morgan fingerprint density at radius 2 is 1.72 bits per heavy atom. The number of aromatic amines is 1. The highest BCUT2D eigenvalue weighted by Crippen LogP contribution is 2.37. The van der Waals surface area contributed by atoms with Crippen LogP contribution in [0.4, 0.5) is 0 Å². The molecule has 3 heterocycles. The average molecular weight is 505 g/mol. The molecule has 5 rings (SSSR count). The highest BCUT2D eigenvalue weighted by atomic mass is 79.9. The molecule has 5 unspecified atom stereocenters. The molecule has 2 aromatic heterocycles. The molecule has 5 atom stereocenters. The molecule has 6 N–H and O–H groups in total. The summed E-state index contributed by atoms with van der Waals surface area (Å²) < 4.78 is 7.36. The fourth-order valence-electron chi connectivity index (χ4n) is 4.74. The molecule has 170 valence electrons. The second kappa shape index (κ2) is 8.26. The maximum absolute atomic E-state index is 10.5. The summed E-state index contributed by atoms with van der Waals surface area (Å²) in [5.41, 5.74) is 3.96. The lowest BCUT2D eigenvalue weighted by atomic mass is 9.96. The van der Waals surface area contributed by atoms with Gasteiger partial charge in [-0.2, -0.15) is 4.57 Å². The molecule has 1 aliphatic heterocycles. The van der Waals surface area contributed by atoms with Crippen molar-refractivity contribution in [1.29, 1.82) is 0 Å². The Kier molecular flexibility index (Phi) is 5.91.